The van der Waals surface area contributed by atoms with Crippen molar-refractivity contribution in [2.75, 3.05) is 0 Å². The van der Waals surface area contributed by atoms with Crippen LogP contribution in [0.15, 0.2) is 42.5 Å². The molecule has 12 heavy (non-hydrogen) atoms. The van der Waals surface area contributed by atoms with Crippen molar-refractivity contribution in [2.24, 2.45) is 0 Å². The van der Waals surface area contributed by atoms with Gasteiger partial charge < -0.3 is 0 Å². The van der Waals surface area contributed by atoms with E-state index in [0.29, 0.717) is 0 Å². The molecule has 57 valence electrons. The van der Waals surface area contributed by atoms with E-state index in [0.717, 1.165) is 0 Å². The Morgan fingerprint density at radius 1 is 0.833 bits per heavy atom. The summed E-state index contributed by atoms with van der Waals surface area (Å²) in [6.07, 6.45) is 0. The molecule has 0 aliphatic carbocycles. The summed E-state index contributed by atoms with van der Waals surface area (Å²) in [4.78, 5) is 0. The van der Waals surface area contributed by atoms with Gasteiger partial charge in [0.15, 0.2) is 0 Å². The molecule has 0 spiro atoms. The van der Waals surface area contributed by atoms with Gasteiger partial charge in [0.25, 0.3) is 0 Å². The number of hydrogen-bond donors (Lipinski definition) is 0. The fraction of sp³-hybridized carbons (Fsp3) is 0. The Hall–Kier alpha value is 0.0534. The van der Waals surface area contributed by atoms with E-state index in [9.17, 15) is 0 Å². The first kappa shape index (κ1) is 10.1. The molecule has 0 amide bonds. The third-order valence-electron chi connectivity index (χ3n) is 1.88. The van der Waals surface area contributed by atoms with Gasteiger partial charge >= 0.3 is 75.7 Å². The van der Waals surface area contributed by atoms with E-state index in [1.165, 1.54) is 33.2 Å². The van der Waals surface area contributed by atoms with Gasteiger partial charge in [-0.3, -0.25) is 0 Å². The molecule has 0 nitrogen and oxygen atoms in total. The van der Waals surface area contributed by atoms with Crippen molar-refractivity contribution in [2.45, 2.75) is 0 Å². The first-order valence-corrected chi connectivity index (χ1v) is 5.16. The molecule has 0 saturated carbocycles. The second kappa shape index (κ2) is 4.33. The summed E-state index contributed by atoms with van der Waals surface area (Å²) in [5.41, 5.74) is 0. The summed E-state index contributed by atoms with van der Waals surface area (Å²) in [5.74, 6) is 0. The predicted octanol–water partition coefficient (Wildman–Crippen LogP) is 2.63. The van der Waals surface area contributed by atoms with Crippen molar-refractivity contribution in [3.05, 3.63) is 42.5 Å². The molecule has 0 saturated heterocycles. The number of fused-ring (bicyclic) bond motifs is 1. The van der Waals surface area contributed by atoms with Crippen LogP contribution in [0.1, 0.15) is 0 Å². The molecule has 2 rings (SSSR count). The van der Waals surface area contributed by atoms with Gasteiger partial charge in [-0.05, 0) is 0 Å². The van der Waals surface area contributed by atoms with Crippen LogP contribution in [0.25, 0.3) is 10.8 Å². The van der Waals surface area contributed by atoms with Gasteiger partial charge in [0.1, 0.15) is 0 Å². The average Bonchev–Trinajstić information content (AvgIpc) is 2.06. The van der Waals surface area contributed by atoms with E-state index in [1.807, 2.05) is 0 Å². The van der Waals surface area contributed by atoms with Crippen LogP contribution in [0.3, 0.4) is 0 Å². The molecular weight excluding hydrogens is 312 g/mol. The molecule has 2 heteroatoms. The monoisotopic (exact) mass is 319 g/mol. The standard InChI is InChI=1S/C10H7.HI.Zn/c1-2-6-10-8-4-3-7-9(10)5-1;;/h1-7H;1H;. The molecule has 0 radical (unpaired) electrons. The molecule has 0 fully saturated rings. The molecule has 2 aromatic carbocycles. The Morgan fingerprint density at radius 2 is 1.50 bits per heavy atom. The molecule has 0 heterocycles. The van der Waals surface area contributed by atoms with Gasteiger partial charge in [0, 0.05) is 0 Å². The van der Waals surface area contributed by atoms with Crippen LogP contribution in [0.2, 0.25) is 0 Å². The molecule has 0 aliphatic rings. The Labute approximate surface area is 99.1 Å². The van der Waals surface area contributed by atoms with Gasteiger partial charge in [0.2, 0.25) is 0 Å². The van der Waals surface area contributed by atoms with E-state index in [4.69, 9.17) is 0 Å². The van der Waals surface area contributed by atoms with Crippen molar-refractivity contribution in [1.82, 2.24) is 0 Å². The summed E-state index contributed by atoms with van der Waals surface area (Å²) in [7, 11) is 0. The molecule has 0 aliphatic heterocycles. The van der Waals surface area contributed by atoms with Gasteiger partial charge in [0.05, 0.1) is 0 Å². The van der Waals surface area contributed by atoms with Gasteiger partial charge in [-0.15, -0.1) is 24.0 Å². The zero-order valence-corrected chi connectivity index (χ0v) is 12.0. The van der Waals surface area contributed by atoms with Crippen LogP contribution in [0.5, 0.6) is 0 Å². The Kier molecular flexibility index (Phi) is 3.66. The van der Waals surface area contributed by atoms with Crippen LogP contribution in [-0.4, -0.2) is 0 Å². The van der Waals surface area contributed by atoms with E-state index < -0.39 is 0 Å². The van der Waals surface area contributed by atoms with Crippen LogP contribution in [0, 0.1) is 0 Å². The van der Waals surface area contributed by atoms with Crippen LogP contribution < -0.4 is 4.16 Å². The number of hydrogen-bond acceptors (Lipinski definition) is 0. The summed E-state index contributed by atoms with van der Waals surface area (Å²) >= 11 is 1.24. The molecule has 0 N–H and O–H groups in total. The van der Waals surface area contributed by atoms with Gasteiger partial charge in [-0.1, -0.05) is 0 Å². The summed E-state index contributed by atoms with van der Waals surface area (Å²) in [5, 5.41) is 2.77. The third kappa shape index (κ3) is 1.86. The molecule has 0 bridgehead atoms. The summed E-state index contributed by atoms with van der Waals surface area (Å²) < 4.78 is 1.48. The van der Waals surface area contributed by atoms with Crippen LogP contribution in [-0.2, 0) is 18.3 Å². The molecule has 0 unspecified atom stereocenters. The van der Waals surface area contributed by atoms with Crippen LogP contribution in [0.4, 0.5) is 0 Å². The van der Waals surface area contributed by atoms with Crippen molar-refractivity contribution in [3.63, 3.8) is 0 Å². The number of halogens is 1. The van der Waals surface area contributed by atoms with Gasteiger partial charge in [-0.25, -0.2) is 0 Å². The van der Waals surface area contributed by atoms with Gasteiger partial charge in [-0.2, -0.15) is 0 Å². The Bertz CT molecular complexity index is 379. The zero-order chi connectivity index (χ0) is 7.68. The Balaban J connectivity index is 0.000000720. The first-order valence-electron chi connectivity index (χ1n) is 3.67. The summed E-state index contributed by atoms with van der Waals surface area (Å²) in [6.45, 7) is 0. The van der Waals surface area contributed by atoms with E-state index in [2.05, 4.69) is 42.5 Å². The average molecular weight is 320 g/mol. The van der Waals surface area contributed by atoms with E-state index >= 15 is 0 Å². The minimum atomic E-state index is 0. The Morgan fingerprint density at radius 3 is 2.25 bits per heavy atom. The normalized spacial score (nSPS) is 9.50. The van der Waals surface area contributed by atoms with Crippen molar-refractivity contribution >= 4 is 38.9 Å². The van der Waals surface area contributed by atoms with Crippen molar-refractivity contribution in [1.29, 1.82) is 0 Å². The number of benzene rings is 2. The SMILES string of the molecule is I.[Zn][c]1cccc2ccccc12. The first-order chi connectivity index (χ1) is 5.38. The van der Waals surface area contributed by atoms with E-state index in [-0.39, 0.29) is 24.0 Å². The minimum absolute atomic E-state index is 0. The molecule has 2 aromatic rings. The zero-order valence-electron chi connectivity index (χ0n) is 6.66. The molecule has 0 atom stereocenters. The topological polar surface area (TPSA) is 0 Å². The van der Waals surface area contributed by atoms with Crippen molar-refractivity contribution < 1.29 is 18.3 Å². The summed E-state index contributed by atoms with van der Waals surface area (Å²) in [6, 6.07) is 15.0. The third-order valence-corrected chi connectivity index (χ3v) is 3.17. The second-order valence-corrected chi connectivity index (χ2v) is 4.24. The molecule has 0 aromatic heterocycles. The van der Waals surface area contributed by atoms with Crippen LogP contribution >= 0.6 is 24.0 Å². The fourth-order valence-corrected chi connectivity index (χ4v) is 2.25. The van der Waals surface area contributed by atoms with E-state index in [1.54, 1.807) is 0 Å². The second-order valence-electron chi connectivity index (χ2n) is 2.64. The maximum absolute atomic E-state index is 2.20. The fourth-order valence-electron chi connectivity index (χ4n) is 1.29. The predicted molar refractivity (Wildman–Crippen MR) is 59.0 cm³/mol. The van der Waals surface area contributed by atoms with Crippen molar-refractivity contribution in [3.8, 4) is 0 Å². The number of rotatable bonds is 0. The quantitative estimate of drug-likeness (QED) is 0.517. The molecular formula is C10H8IZn. The maximum atomic E-state index is 2.20.